The van der Waals surface area contributed by atoms with Gasteiger partial charge >= 0.3 is 6.18 Å². The van der Waals surface area contributed by atoms with Gasteiger partial charge in [0.25, 0.3) is 0 Å². The Morgan fingerprint density at radius 3 is 2.25 bits per heavy atom. The first kappa shape index (κ1) is 21.7. The molecule has 160 valence electrons. The molecule has 1 aromatic heterocycles. The zero-order valence-electron chi connectivity index (χ0n) is 16.8. The molecule has 0 fully saturated rings. The first-order valence-corrected chi connectivity index (χ1v) is 10.2. The van der Waals surface area contributed by atoms with Crippen molar-refractivity contribution < 1.29 is 13.2 Å². The molecular weight excluding hydrogens is 435 g/mol. The molecule has 0 bridgehead atoms. The van der Waals surface area contributed by atoms with Gasteiger partial charge in [0.05, 0.1) is 30.1 Å². The second-order valence-electron chi connectivity index (χ2n) is 7.38. The number of imidazole rings is 1. The molecule has 3 nitrogen and oxygen atoms in total. The van der Waals surface area contributed by atoms with Crippen LogP contribution in [0.3, 0.4) is 0 Å². The largest absolute Gasteiger partial charge is 0.416 e. The second-order valence-corrected chi connectivity index (χ2v) is 7.79. The van der Waals surface area contributed by atoms with Crippen LogP contribution in [0.25, 0.3) is 11.1 Å². The molecule has 3 aromatic carbocycles. The van der Waals surface area contributed by atoms with E-state index < -0.39 is 11.7 Å². The van der Waals surface area contributed by atoms with E-state index in [2.05, 4.69) is 11.1 Å². The molecule has 32 heavy (non-hydrogen) atoms. The highest BCUT2D eigenvalue weighted by Gasteiger charge is 2.29. The summed E-state index contributed by atoms with van der Waals surface area (Å²) in [5.74, 6) is 0. The molecule has 0 saturated heterocycles. The number of nitrogens with zero attached hydrogens (tertiary/aromatic N) is 3. The van der Waals surface area contributed by atoms with Crippen LogP contribution in [-0.4, -0.2) is 9.55 Å². The van der Waals surface area contributed by atoms with Crippen molar-refractivity contribution in [2.24, 2.45) is 0 Å². The number of nitriles is 1. The molecular formula is C25H17ClF3N3. The van der Waals surface area contributed by atoms with Gasteiger partial charge in [-0.2, -0.15) is 18.4 Å². The van der Waals surface area contributed by atoms with Gasteiger partial charge in [0.2, 0.25) is 0 Å². The Hall–Kier alpha value is -3.56. The lowest BCUT2D eigenvalue weighted by Crippen LogP contribution is -2.05. The van der Waals surface area contributed by atoms with Crippen LogP contribution in [-0.2, 0) is 19.1 Å². The minimum Gasteiger partial charge on any atom is -0.330 e. The normalized spacial score (nSPS) is 11.3. The third-order valence-electron chi connectivity index (χ3n) is 5.21. The minimum absolute atomic E-state index is 0.512. The molecule has 7 heteroatoms. The maximum absolute atomic E-state index is 12.8. The summed E-state index contributed by atoms with van der Waals surface area (Å²) in [5.41, 5.74) is 4.28. The van der Waals surface area contributed by atoms with Crippen molar-refractivity contribution >= 4 is 11.6 Å². The van der Waals surface area contributed by atoms with E-state index in [1.165, 1.54) is 12.1 Å². The monoisotopic (exact) mass is 451 g/mol. The molecule has 0 radical (unpaired) electrons. The Morgan fingerprint density at radius 2 is 1.62 bits per heavy atom. The highest BCUT2D eigenvalue weighted by Crippen LogP contribution is 2.32. The third-order valence-corrected chi connectivity index (χ3v) is 5.56. The minimum atomic E-state index is -4.36. The maximum atomic E-state index is 12.8. The molecule has 1 heterocycles. The molecule has 0 saturated carbocycles. The second kappa shape index (κ2) is 8.89. The summed E-state index contributed by atoms with van der Waals surface area (Å²) >= 11 is 6.50. The fourth-order valence-corrected chi connectivity index (χ4v) is 3.67. The molecule has 4 aromatic rings. The predicted octanol–water partition coefficient (Wildman–Crippen LogP) is 6.73. The lowest BCUT2D eigenvalue weighted by molar-refractivity contribution is -0.137. The number of hydrogen-bond acceptors (Lipinski definition) is 2. The van der Waals surface area contributed by atoms with Crippen molar-refractivity contribution in [1.29, 1.82) is 5.26 Å². The van der Waals surface area contributed by atoms with Crippen LogP contribution < -0.4 is 0 Å². The van der Waals surface area contributed by atoms with Gasteiger partial charge in [-0.1, -0.05) is 48.0 Å². The molecule has 0 atom stereocenters. The number of halogens is 4. The highest BCUT2D eigenvalue weighted by molar-refractivity contribution is 6.31. The van der Waals surface area contributed by atoms with Crippen molar-refractivity contribution in [3.8, 4) is 17.2 Å². The van der Waals surface area contributed by atoms with Gasteiger partial charge in [-0.15, -0.1) is 0 Å². The molecule has 0 amide bonds. The third kappa shape index (κ3) is 4.84. The van der Waals surface area contributed by atoms with Crippen LogP contribution in [0.5, 0.6) is 0 Å². The zero-order valence-corrected chi connectivity index (χ0v) is 17.5. The molecule has 0 spiro atoms. The van der Waals surface area contributed by atoms with E-state index in [4.69, 9.17) is 16.9 Å². The van der Waals surface area contributed by atoms with Gasteiger partial charge < -0.3 is 4.57 Å². The average molecular weight is 452 g/mol. The summed E-state index contributed by atoms with van der Waals surface area (Å²) in [5, 5.41) is 9.46. The highest BCUT2D eigenvalue weighted by atomic mass is 35.5. The Labute approximate surface area is 188 Å². The summed E-state index contributed by atoms with van der Waals surface area (Å²) in [6.45, 7) is 0.512. The lowest BCUT2D eigenvalue weighted by atomic mass is 10.0. The maximum Gasteiger partial charge on any atom is 0.416 e. The molecule has 0 aliphatic rings. The van der Waals surface area contributed by atoms with Gasteiger partial charge in [-0.3, -0.25) is 0 Å². The Bertz CT molecular complexity index is 1270. The summed E-state index contributed by atoms with van der Waals surface area (Å²) in [7, 11) is 0. The zero-order chi connectivity index (χ0) is 22.7. The van der Waals surface area contributed by atoms with E-state index in [1.54, 1.807) is 30.7 Å². The summed E-state index contributed by atoms with van der Waals surface area (Å²) in [6.07, 6.45) is -0.172. The molecule has 0 unspecified atom stereocenters. The number of hydrogen-bond donors (Lipinski definition) is 0. The van der Waals surface area contributed by atoms with E-state index in [-0.39, 0.29) is 0 Å². The molecule has 0 aliphatic carbocycles. The number of benzene rings is 3. The van der Waals surface area contributed by atoms with E-state index in [0.717, 1.165) is 34.5 Å². The van der Waals surface area contributed by atoms with Crippen LogP contribution in [0.15, 0.2) is 79.3 Å². The van der Waals surface area contributed by atoms with Crippen molar-refractivity contribution in [1.82, 2.24) is 9.55 Å². The quantitative estimate of drug-likeness (QED) is 0.337. The SMILES string of the molecule is N#Cc1ccc(Cc2cncn2Cc2ccc(-c3ccc(C(F)(F)F)cc3)cc2Cl)cc1. The summed E-state index contributed by atoms with van der Waals surface area (Å²) in [4.78, 5) is 4.25. The van der Waals surface area contributed by atoms with Gasteiger partial charge in [0.15, 0.2) is 0 Å². The molecule has 0 N–H and O–H groups in total. The van der Waals surface area contributed by atoms with Gasteiger partial charge in [0, 0.05) is 23.3 Å². The molecule has 4 rings (SSSR count). The Morgan fingerprint density at radius 1 is 0.938 bits per heavy atom. The fourth-order valence-electron chi connectivity index (χ4n) is 3.43. The Balaban J connectivity index is 1.51. The van der Waals surface area contributed by atoms with E-state index in [0.29, 0.717) is 29.1 Å². The van der Waals surface area contributed by atoms with E-state index in [9.17, 15) is 13.2 Å². The topological polar surface area (TPSA) is 41.6 Å². The standard InChI is InChI=1S/C25H17ClF3N3/c26-24-12-20(19-7-9-22(10-8-19)25(27,28)29)5-6-21(24)15-32-16-31-14-23(32)11-17-1-3-18(13-30)4-2-17/h1-10,12,14,16H,11,15H2. The van der Waals surface area contributed by atoms with Gasteiger partial charge in [-0.25, -0.2) is 4.98 Å². The predicted molar refractivity (Wildman–Crippen MR) is 117 cm³/mol. The van der Waals surface area contributed by atoms with Crippen molar-refractivity contribution in [3.05, 3.63) is 112 Å². The number of rotatable bonds is 5. The average Bonchev–Trinajstić information content (AvgIpc) is 3.21. The summed E-state index contributed by atoms with van der Waals surface area (Å²) < 4.78 is 40.3. The van der Waals surface area contributed by atoms with Crippen LogP contribution in [0.2, 0.25) is 5.02 Å². The number of alkyl halides is 3. The number of aromatic nitrogens is 2. The van der Waals surface area contributed by atoms with E-state index >= 15 is 0 Å². The van der Waals surface area contributed by atoms with Gasteiger partial charge in [0.1, 0.15) is 0 Å². The van der Waals surface area contributed by atoms with Crippen LogP contribution in [0.4, 0.5) is 13.2 Å². The van der Waals surface area contributed by atoms with Crippen molar-refractivity contribution in [3.63, 3.8) is 0 Å². The van der Waals surface area contributed by atoms with Gasteiger partial charge in [-0.05, 0) is 52.6 Å². The van der Waals surface area contributed by atoms with Crippen LogP contribution in [0.1, 0.15) is 27.9 Å². The summed E-state index contributed by atoms with van der Waals surface area (Å²) in [6, 6.07) is 20.0. The lowest BCUT2D eigenvalue weighted by Gasteiger charge is -2.12. The fraction of sp³-hybridized carbons (Fsp3) is 0.120. The first-order valence-electron chi connectivity index (χ1n) is 9.77. The van der Waals surface area contributed by atoms with E-state index in [1.807, 2.05) is 28.8 Å². The smallest absolute Gasteiger partial charge is 0.330 e. The first-order chi connectivity index (χ1) is 15.3. The van der Waals surface area contributed by atoms with Crippen LogP contribution in [0, 0.1) is 11.3 Å². The van der Waals surface area contributed by atoms with Crippen molar-refractivity contribution in [2.45, 2.75) is 19.1 Å². The molecule has 0 aliphatic heterocycles. The van der Waals surface area contributed by atoms with Crippen molar-refractivity contribution in [2.75, 3.05) is 0 Å². The Kier molecular flexibility index (Phi) is 6.02. The van der Waals surface area contributed by atoms with Crippen LogP contribution >= 0.6 is 11.6 Å².